The van der Waals surface area contributed by atoms with Crippen LogP contribution in [0.3, 0.4) is 0 Å². The lowest BCUT2D eigenvalue weighted by Crippen LogP contribution is -2.51. The molecule has 0 unspecified atom stereocenters. The van der Waals surface area contributed by atoms with Crippen LogP contribution in [0.4, 0.5) is 0 Å². The Balaban J connectivity index is 1.69. The van der Waals surface area contributed by atoms with Gasteiger partial charge in [-0.05, 0) is 51.0 Å². The van der Waals surface area contributed by atoms with Crippen LogP contribution in [-0.2, 0) is 0 Å². The van der Waals surface area contributed by atoms with Crippen molar-refractivity contribution >= 4 is 5.91 Å². The van der Waals surface area contributed by atoms with Crippen molar-refractivity contribution in [1.82, 2.24) is 19.4 Å². The second-order valence-corrected chi connectivity index (χ2v) is 9.02. The summed E-state index contributed by atoms with van der Waals surface area (Å²) in [6.45, 7) is 9.51. The molecule has 1 fully saturated rings. The summed E-state index contributed by atoms with van der Waals surface area (Å²) in [6.07, 6.45) is 4.60. The topological polar surface area (TPSA) is 68.1 Å². The van der Waals surface area contributed by atoms with Crippen LogP contribution in [0.2, 0.25) is 0 Å². The number of hydrogen-bond donors (Lipinski definition) is 0. The summed E-state index contributed by atoms with van der Waals surface area (Å²) < 4.78 is 2.03. The Morgan fingerprint density at radius 3 is 2.59 bits per heavy atom. The molecule has 3 atom stereocenters. The number of likely N-dealkylation sites (tertiary alicyclic amines) is 1. The van der Waals surface area contributed by atoms with Gasteiger partial charge in [0, 0.05) is 36.8 Å². The van der Waals surface area contributed by atoms with Crippen molar-refractivity contribution in [3.8, 4) is 0 Å². The SMILES string of the molecule is Cc1ncnc(C)c1C(=O)N1C[C@H]2C[C@@H](C1)[C@H](CCC(C)C)n1c2cccc1=O. The molecule has 2 aliphatic heterocycles. The van der Waals surface area contributed by atoms with E-state index in [1.54, 1.807) is 6.07 Å². The molecular formula is C23H30N4O2. The first-order valence-electron chi connectivity index (χ1n) is 10.7. The third-order valence-corrected chi connectivity index (χ3v) is 6.57. The van der Waals surface area contributed by atoms with Gasteiger partial charge in [0.2, 0.25) is 0 Å². The van der Waals surface area contributed by atoms with Gasteiger partial charge in [0.15, 0.2) is 0 Å². The summed E-state index contributed by atoms with van der Waals surface area (Å²) in [5.41, 5.74) is 3.25. The van der Waals surface area contributed by atoms with Gasteiger partial charge in [-0.1, -0.05) is 19.9 Å². The highest BCUT2D eigenvalue weighted by molar-refractivity contribution is 5.96. The number of aryl methyl sites for hydroxylation is 2. The number of rotatable bonds is 4. The van der Waals surface area contributed by atoms with Gasteiger partial charge in [-0.3, -0.25) is 9.59 Å². The predicted octanol–water partition coefficient (Wildman–Crippen LogP) is 3.49. The van der Waals surface area contributed by atoms with E-state index in [1.165, 1.54) is 6.33 Å². The van der Waals surface area contributed by atoms with E-state index in [-0.39, 0.29) is 23.4 Å². The molecule has 29 heavy (non-hydrogen) atoms. The van der Waals surface area contributed by atoms with E-state index in [2.05, 4.69) is 29.9 Å². The van der Waals surface area contributed by atoms with Gasteiger partial charge in [0.25, 0.3) is 11.5 Å². The first-order valence-corrected chi connectivity index (χ1v) is 10.7. The fourth-order valence-corrected chi connectivity index (χ4v) is 5.14. The molecule has 2 aliphatic rings. The molecule has 2 aromatic rings. The van der Waals surface area contributed by atoms with Crippen molar-refractivity contribution in [2.45, 2.75) is 58.9 Å². The number of piperidine rings is 1. The van der Waals surface area contributed by atoms with Gasteiger partial charge in [-0.25, -0.2) is 9.97 Å². The van der Waals surface area contributed by atoms with Crippen LogP contribution in [0.25, 0.3) is 0 Å². The van der Waals surface area contributed by atoms with Crippen LogP contribution in [0.5, 0.6) is 0 Å². The molecule has 4 heterocycles. The molecule has 0 aliphatic carbocycles. The van der Waals surface area contributed by atoms with E-state index >= 15 is 0 Å². The number of aromatic nitrogens is 3. The summed E-state index contributed by atoms with van der Waals surface area (Å²) in [7, 11) is 0. The highest BCUT2D eigenvalue weighted by Crippen LogP contribution is 2.43. The van der Waals surface area contributed by atoms with Crippen LogP contribution in [0, 0.1) is 25.7 Å². The summed E-state index contributed by atoms with van der Waals surface area (Å²) in [6, 6.07) is 5.75. The minimum atomic E-state index is 0.0182. The second kappa shape index (κ2) is 7.73. The molecule has 2 aromatic heterocycles. The molecule has 1 amide bonds. The lowest BCUT2D eigenvalue weighted by Gasteiger charge is -2.47. The van der Waals surface area contributed by atoms with Gasteiger partial charge in [0.1, 0.15) is 6.33 Å². The number of pyridine rings is 1. The first kappa shape index (κ1) is 19.8. The average Bonchev–Trinajstić information content (AvgIpc) is 2.67. The summed E-state index contributed by atoms with van der Waals surface area (Å²) in [5, 5.41) is 0. The number of nitrogens with zero attached hydrogens (tertiary/aromatic N) is 4. The quantitative estimate of drug-likeness (QED) is 0.796. The Kier molecular flexibility index (Phi) is 5.28. The Labute approximate surface area is 172 Å². The van der Waals surface area contributed by atoms with Gasteiger partial charge in [-0.2, -0.15) is 0 Å². The molecule has 6 heteroatoms. The van der Waals surface area contributed by atoms with Crippen LogP contribution in [0.15, 0.2) is 29.3 Å². The van der Waals surface area contributed by atoms with Gasteiger partial charge in [-0.15, -0.1) is 0 Å². The van der Waals surface area contributed by atoms with Crippen molar-refractivity contribution < 1.29 is 4.79 Å². The summed E-state index contributed by atoms with van der Waals surface area (Å²) in [4.78, 5) is 36.6. The molecule has 6 nitrogen and oxygen atoms in total. The lowest BCUT2D eigenvalue weighted by molar-refractivity contribution is 0.0511. The number of carbonyl (C=O) groups is 1. The maximum absolute atomic E-state index is 13.4. The number of amides is 1. The molecule has 1 saturated heterocycles. The van der Waals surface area contributed by atoms with E-state index < -0.39 is 0 Å². The fourth-order valence-electron chi connectivity index (χ4n) is 5.14. The summed E-state index contributed by atoms with van der Waals surface area (Å²) in [5.74, 6) is 1.11. The first-order chi connectivity index (χ1) is 13.9. The van der Waals surface area contributed by atoms with Crippen molar-refractivity contribution in [2.24, 2.45) is 11.8 Å². The third-order valence-electron chi connectivity index (χ3n) is 6.57. The molecule has 0 aromatic carbocycles. The van der Waals surface area contributed by atoms with Crippen molar-refractivity contribution in [3.63, 3.8) is 0 Å². The molecular weight excluding hydrogens is 364 g/mol. The number of hydrogen-bond acceptors (Lipinski definition) is 4. The monoisotopic (exact) mass is 394 g/mol. The molecule has 4 rings (SSSR count). The Hall–Kier alpha value is -2.50. The van der Waals surface area contributed by atoms with Crippen molar-refractivity contribution in [1.29, 1.82) is 0 Å². The minimum Gasteiger partial charge on any atom is -0.338 e. The number of carbonyl (C=O) groups excluding carboxylic acids is 1. The standard InChI is InChI=1S/C23H30N4O2/c1-14(2)8-9-20-18-10-17(19-6-5-7-21(28)27(19)20)11-26(12-18)23(29)22-15(3)24-13-25-16(22)4/h5-7,13-14,17-18,20H,8-12H2,1-4H3/t17-,18+,20+/m1/s1. The molecule has 0 saturated carbocycles. The highest BCUT2D eigenvalue weighted by Gasteiger charge is 2.42. The zero-order chi connectivity index (χ0) is 20.7. The van der Waals surface area contributed by atoms with Crippen LogP contribution in [0.1, 0.15) is 72.5 Å². The van der Waals surface area contributed by atoms with E-state index in [1.807, 2.05) is 29.4 Å². The summed E-state index contributed by atoms with van der Waals surface area (Å²) >= 11 is 0. The smallest absolute Gasteiger partial charge is 0.257 e. The zero-order valence-corrected chi connectivity index (χ0v) is 17.8. The maximum atomic E-state index is 13.4. The fraction of sp³-hybridized carbons (Fsp3) is 0.565. The van der Waals surface area contributed by atoms with Gasteiger partial charge in [0.05, 0.1) is 17.0 Å². The minimum absolute atomic E-state index is 0.0182. The zero-order valence-electron chi connectivity index (χ0n) is 17.8. The Morgan fingerprint density at radius 2 is 1.90 bits per heavy atom. The average molecular weight is 395 g/mol. The van der Waals surface area contributed by atoms with Crippen LogP contribution >= 0.6 is 0 Å². The van der Waals surface area contributed by atoms with Gasteiger partial charge < -0.3 is 9.47 Å². The van der Waals surface area contributed by atoms with E-state index in [4.69, 9.17) is 0 Å². The van der Waals surface area contributed by atoms with Crippen LogP contribution < -0.4 is 5.56 Å². The van der Waals surface area contributed by atoms with E-state index in [0.29, 0.717) is 30.5 Å². The molecule has 154 valence electrons. The van der Waals surface area contributed by atoms with Crippen molar-refractivity contribution in [3.05, 3.63) is 57.5 Å². The molecule has 0 radical (unpaired) electrons. The highest BCUT2D eigenvalue weighted by atomic mass is 16.2. The third kappa shape index (κ3) is 3.61. The molecule has 2 bridgehead atoms. The van der Waals surface area contributed by atoms with Crippen LogP contribution in [-0.4, -0.2) is 38.4 Å². The van der Waals surface area contributed by atoms with E-state index in [0.717, 1.165) is 36.3 Å². The normalized spacial score (nSPS) is 23.2. The second-order valence-electron chi connectivity index (χ2n) is 9.02. The Morgan fingerprint density at radius 1 is 1.17 bits per heavy atom. The van der Waals surface area contributed by atoms with E-state index in [9.17, 15) is 9.59 Å². The largest absolute Gasteiger partial charge is 0.338 e. The molecule has 0 spiro atoms. The number of fused-ring (bicyclic) bond motifs is 4. The lowest BCUT2D eigenvalue weighted by atomic mass is 9.76. The van der Waals surface area contributed by atoms with Gasteiger partial charge >= 0.3 is 0 Å². The maximum Gasteiger partial charge on any atom is 0.257 e. The van der Waals surface area contributed by atoms with Crippen molar-refractivity contribution in [2.75, 3.05) is 13.1 Å². The predicted molar refractivity (Wildman–Crippen MR) is 112 cm³/mol. The Bertz CT molecular complexity index is 961. The molecule has 0 N–H and O–H groups in total.